The molecule has 1 unspecified atom stereocenters. The summed E-state index contributed by atoms with van der Waals surface area (Å²) in [6.07, 6.45) is 1.52. The van der Waals surface area contributed by atoms with Crippen LogP contribution in [-0.2, 0) is 0 Å². The number of nitrogens with one attached hydrogen (secondary N) is 2. The molecule has 5 heteroatoms. The zero-order valence-corrected chi connectivity index (χ0v) is 9.20. The van der Waals surface area contributed by atoms with Crippen LogP contribution in [0.4, 0.5) is 11.6 Å². The van der Waals surface area contributed by atoms with Crippen LogP contribution >= 0.6 is 0 Å². The molecule has 5 nitrogen and oxygen atoms in total. The molecule has 1 aromatic rings. The summed E-state index contributed by atoms with van der Waals surface area (Å²) >= 11 is 0. The highest BCUT2D eigenvalue weighted by Gasteiger charge is 2.01. The molecule has 0 radical (unpaired) electrons. The summed E-state index contributed by atoms with van der Waals surface area (Å²) in [6.45, 7) is 5.71. The number of hydrogen-bond acceptors (Lipinski definition) is 5. The summed E-state index contributed by atoms with van der Waals surface area (Å²) in [5, 5.41) is 15.1. The highest BCUT2D eigenvalue weighted by Crippen LogP contribution is 2.08. The third-order valence-electron chi connectivity index (χ3n) is 1.97. The molecule has 84 valence electrons. The van der Waals surface area contributed by atoms with Crippen LogP contribution in [0.15, 0.2) is 12.4 Å². The van der Waals surface area contributed by atoms with Gasteiger partial charge in [0.25, 0.3) is 0 Å². The molecule has 1 atom stereocenters. The molecule has 1 rings (SSSR count). The highest BCUT2D eigenvalue weighted by molar-refractivity contribution is 5.46. The van der Waals surface area contributed by atoms with Gasteiger partial charge in [0.1, 0.15) is 18.0 Å². The molecule has 0 saturated heterocycles. The lowest BCUT2D eigenvalue weighted by atomic mass is 10.2. The summed E-state index contributed by atoms with van der Waals surface area (Å²) in [7, 11) is 0. The molecule has 0 bridgehead atoms. The van der Waals surface area contributed by atoms with Gasteiger partial charge in [-0.3, -0.25) is 0 Å². The molecule has 1 heterocycles. The van der Waals surface area contributed by atoms with Gasteiger partial charge in [0.2, 0.25) is 0 Å². The topological polar surface area (TPSA) is 70.1 Å². The van der Waals surface area contributed by atoms with Crippen LogP contribution in [-0.4, -0.2) is 34.8 Å². The molecule has 0 aromatic carbocycles. The largest absolute Gasteiger partial charge is 0.396 e. The minimum Gasteiger partial charge on any atom is -0.396 e. The molecular formula is C10H18N4O. The smallest absolute Gasteiger partial charge is 0.131 e. The van der Waals surface area contributed by atoms with Gasteiger partial charge in [-0.2, -0.15) is 0 Å². The zero-order chi connectivity index (χ0) is 11.1. The van der Waals surface area contributed by atoms with Gasteiger partial charge in [0, 0.05) is 25.8 Å². The molecule has 0 fully saturated rings. The molecule has 15 heavy (non-hydrogen) atoms. The Morgan fingerprint density at radius 1 is 1.33 bits per heavy atom. The van der Waals surface area contributed by atoms with Crippen molar-refractivity contribution in [1.29, 1.82) is 0 Å². The molecule has 0 aliphatic carbocycles. The van der Waals surface area contributed by atoms with Crippen molar-refractivity contribution in [1.82, 2.24) is 9.97 Å². The van der Waals surface area contributed by atoms with Gasteiger partial charge >= 0.3 is 0 Å². The fourth-order valence-electron chi connectivity index (χ4n) is 1.08. The van der Waals surface area contributed by atoms with Gasteiger partial charge in [-0.1, -0.05) is 6.92 Å². The van der Waals surface area contributed by atoms with Crippen LogP contribution in [0.5, 0.6) is 0 Å². The van der Waals surface area contributed by atoms with Crippen molar-refractivity contribution in [2.45, 2.75) is 13.8 Å². The Balaban J connectivity index is 2.50. The van der Waals surface area contributed by atoms with Gasteiger partial charge in [0.05, 0.1) is 0 Å². The van der Waals surface area contributed by atoms with E-state index in [1.165, 1.54) is 6.33 Å². The first-order chi connectivity index (χ1) is 7.26. The van der Waals surface area contributed by atoms with E-state index in [9.17, 15) is 0 Å². The van der Waals surface area contributed by atoms with Crippen LogP contribution in [0.1, 0.15) is 13.8 Å². The van der Waals surface area contributed by atoms with E-state index in [-0.39, 0.29) is 12.5 Å². The van der Waals surface area contributed by atoms with E-state index < -0.39 is 0 Å². The van der Waals surface area contributed by atoms with Gasteiger partial charge in [0.15, 0.2) is 0 Å². The van der Waals surface area contributed by atoms with Crippen molar-refractivity contribution >= 4 is 11.6 Å². The molecule has 0 aliphatic rings. The van der Waals surface area contributed by atoms with Crippen molar-refractivity contribution in [2.75, 3.05) is 30.3 Å². The number of anilines is 2. The van der Waals surface area contributed by atoms with Gasteiger partial charge in [-0.15, -0.1) is 0 Å². The monoisotopic (exact) mass is 210 g/mol. The normalized spacial score (nSPS) is 12.2. The fourth-order valence-corrected chi connectivity index (χ4v) is 1.08. The standard InChI is InChI=1S/C10H18N4O/c1-3-11-9-4-10(14-7-13-9)12-5-8(2)6-15/h4,7-8,15H,3,5-6H2,1-2H3,(H2,11,12,13,14). The first-order valence-corrected chi connectivity index (χ1v) is 5.17. The Hall–Kier alpha value is -1.36. The minimum absolute atomic E-state index is 0.179. The lowest BCUT2D eigenvalue weighted by molar-refractivity contribution is 0.244. The van der Waals surface area contributed by atoms with Crippen LogP contribution in [0.2, 0.25) is 0 Å². The maximum Gasteiger partial charge on any atom is 0.131 e. The Kier molecular flexibility index (Phi) is 4.83. The molecule has 0 amide bonds. The Morgan fingerprint density at radius 3 is 2.60 bits per heavy atom. The molecule has 3 N–H and O–H groups in total. The Labute approximate surface area is 90.0 Å². The zero-order valence-electron chi connectivity index (χ0n) is 9.20. The SMILES string of the molecule is CCNc1cc(NCC(C)CO)ncn1. The first-order valence-electron chi connectivity index (χ1n) is 5.17. The van der Waals surface area contributed by atoms with Gasteiger partial charge in [-0.05, 0) is 12.8 Å². The van der Waals surface area contributed by atoms with Crippen LogP contribution in [0.25, 0.3) is 0 Å². The van der Waals surface area contributed by atoms with Gasteiger partial charge < -0.3 is 15.7 Å². The second-order valence-electron chi connectivity index (χ2n) is 3.49. The van der Waals surface area contributed by atoms with E-state index in [1.807, 2.05) is 19.9 Å². The maximum absolute atomic E-state index is 8.87. The fraction of sp³-hybridized carbons (Fsp3) is 0.600. The van der Waals surface area contributed by atoms with Crippen molar-refractivity contribution in [3.8, 4) is 0 Å². The van der Waals surface area contributed by atoms with Crippen molar-refractivity contribution in [3.05, 3.63) is 12.4 Å². The van der Waals surface area contributed by atoms with Crippen LogP contribution < -0.4 is 10.6 Å². The van der Waals surface area contributed by atoms with Crippen LogP contribution in [0, 0.1) is 5.92 Å². The summed E-state index contributed by atoms with van der Waals surface area (Å²) in [5.41, 5.74) is 0. The predicted molar refractivity (Wildman–Crippen MR) is 60.9 cm³/mol. The maximum atomic E-state index is 8.87. The van der Waals surface area contributed by atoms with E-state index in [0.29, 0.717) is 6.54 Å². The number of rotatable bonds is 6. The molecule has 0 spiro atoms. The summed E-state index contributed by atoms with van der Waals surface area (Å²) in [6, 6.07) is 1.85. The molecule has 0 aliphatic heterocycles. The second-order valence-corrected chi connectivity index (χ2v) is 3.49. The number of aromatic nitrogens is 2. The quantitative estimate of drug-likeness (QED) is 0.652. The molecule has 0 saturated carbocycles. The lowest BCUT2D eigenvalue weighted by Gasteiger charge is -2.10. The third-order valence-corrected chi connectivity index (χ3v) is 1.97. The summed E-state index contributed by atoms with van der Waals surface area (Å²) in [4.78, 5) is 8.15. The average Bonchev–Trinajstić information content (AvgIpc) is 2.27. The highest BCUT2D eigenvalue weighted by atomic mass is 16.3. The number of aliphatic hydroxyl groups is 1. The first kappa shape index (κ1) is 11.7. The van der Waals surface area contributed by atoms with E-state index >= 15 is 0 Å². The van der Waals surface area contributed by atoms with E-state index in [4.69, 9.17) is 5.11 Å². The van der Waals surface area contributed by atoms with E-state index in [0.717, 1.165) is 18.2 Å². The minimum atomic E-state index is 0.179. The Morgan fingerprint density at radius 2 is 2.00 bits per heavy atom. The number of nitrogens with zero attached hydrogens (tertiary/aromatic N) is 2. The Bertz CT molecular complexity index is 293. The molecular weight excluding hydrogens is 192 g/mol. The molecule has 1 aromatic heterocycles. The van der Waals surface area contributed by atoms with Crippen molar-refractivity contribution in [2.24, 2.45) is 5.92 Å². The van der Waals surface area contributed by atoms with E-state index in [2.05, 4.69) is 20.6 Å². The van der Waals surface area contributed by atoms with Crippen molar-refractivity contribution in [3.63, 3.8) is 0 Å². The van der Waals surface area contributed by atoms with Crippen molar-refractivity contribution < 1.29 is 5.11 Å². The summed E-state index contributed by atoms with van der Waals surface area (Å²) in [5.74, 6) is 1.82. The number of hydrogen-bond donors (Lipinski definition) is 3. The number of aliphatic hydroxyl groups excluding tert-OH is 1. The second kappa shape index (κ2) is 6.19. The third kappa shape index (κ3) is 4.12. The lowest BCUT2D eigenvalue weighted by Crippen LogP contribution is -2.15. The summed E-state index contributed by atoms with van der Waals surface area (Å²) < 4.78 is 0. The van der Waals surface area contributed by atoms with Gasteiger partial charge in [-0.25, -0.2) is 9.97 Å². The predicted octanol–water partition coefficient (Wildman–Crippen LogP) is 0.949. The van der Waals surface area contributed by atoms with E-state index in [1.54, 1.807) is 0 Å². The average molecular weight is 210 g/mol. The van der Waals surface area contributed by atoms with Crippen LogP contribution in [0.3, 0.4) is 0 Å².